The van der Waals surface area contributed by atoms with Gasteiger partial charge in [-0.3, -0.25) is 4.79 Å². The molecule has 3 aliphatic rings. The minimum absolute atomic E-state index is 0.113. The lowest BCUT2D eigenvalue weighted by Gasteiger charge is -2.20. The Labute approximate surface area is 208 Å². The smallest absolute Gasteiger partial charge is 0.343 e. The normalized spacial score (nSPS) is 16.4. The van der Waals surface area contributed by atoms with E-state index in [0.717, 1.165) is 10.0 Å². The average Bonchev–Trinajstić information content (AvgIpc) is 3.45. The molecule has 0 N–H and O–H groups in total. The average molecular weight is 537 g/mol. The van der Waals surface area contributed by atoms with Gasteiger partial charge in [0.2, 0.25) is 12.6 Å². The van der Waals surface area contributed by atoms with Gasteiger partial charge in [-0.25, -0.2) is 4.79 Å². The number of carbonyl (C=O) groups excluding carboxylic acids is 2. The lowest BCUT2D eigenvalue weighted by Crippen LogP contribution is -2.12. The zero-order chi connectivity index (χ0) is 24.1. The molecule has 0 saturated heterocycles. The van der Waals surface area contributed by atoms with Crippen molar-refractivity contribution in [3.63, 3.8) is 0 Å². The zero-order valence-corrected chi connectivity index (χ0v) is 20.0. The molecule has 0 atom stereocenters. The molecule has 3 heterocycles. The van der Waals surface area contributed by atoms with E-state index in [2.05, 4.69) is 15.9 Å². The van der Waals surface area contributed by atoms with Gasteiger partial charge in [-0.2, -0.15) is 0 Å². The molecule has 3 aromatic rings. The number of hydrogen-bond acceptors (Lipinski definition) is 8. The molecule has 3 aromatic carbocycles. The highest BCUT2D eigenvalue weighted by atomic mass is 79.9. The van der Waals surface area contributed by atoms with E-state index in [0.29, 0.717) is 57.6 Å². The topological polar surface area (TPSA) is 89.5 Å². The van der Waals surface area contributed by atoms with E-state index < -0.39 is 5.97 Å². The summed E-state index contributed by atoms with van der Waals surface area (Å²) in [5.41, 5.74) is 2.81. The maximum absolute atomic E-state index is 13.1. The Morgan fingerprint density at radius 3 is 2.74 bits per heavy atom. The molecule has 6 rings (SSSR count). The standard InChI is InChI=1S/C26H17BrO8/c1-13-19(35-26(29)14-2-4-20-21(8-14)32-12-31-20)5-3-18-23(28)22(34-24(13)18)9-15-6-17(27)7-16-10-30-11-33-25(15)16/h2-9H,10-12H2,1H3/b22-9-. The van der Waals surface area contributed by atoms with Crippen molar-refractivity contribution in [3.05, 3.63) is 80.5 Å². The second-order valence-electron chi connectivity index (χ2n) is 8.06. The van der Waals surface area contributed by atoms with E-state index in [1.165, 1.54) is 0 Å². The first-order chi connectivity index (χ1) is 17.0. The van der Waals surface area contributed by atoms with Gasteiger partial charge in [0.25, 0.3) is 0 Å². The van der Waals surface area contributed by atoms with Crippen LogP contribution in [0.25, 0.3) is 6.08 Å². The Balaban J connectivity index is 1.28. The quantitative estimate of drug-likeness (QED) is 0.256. The maximum atomic E-state index is 13.1. The first-order valence-corrected chi connectivity index (χ1v) is 11.5. The Hall–Kier alpha value is -3.82. The third-order valence-electron chi connectivity index (χ3n) is 5.84. The molecule has 0 spiro atoms. The number of hydrogen-bond donors (Lipinski definition) is 0. The van der Waals surface area contributed by atoms with Crippen LogP contribution in [0.1, 0.15) is 37.4 Å². The largest absolute Gasteiger partial charge is 0.467 e. The number of esters is 1. The molecule has 8 nitrogen and oxygen atoms in total. The van der Waals surface area contributed by atoms with Crippen LogP contribution in [0.4, 0.5) is 0 Å². The molecule has 9 heteroatoms. The van der Waals surface area contributed by atoms with Crippen molar-refractivity contribution in [2.75, 3.05) is 13.6 Å². The lowest BCUT2D eigenvalue weighted by atomic mass is 10.0. The molecule has 0 amide bonds. The summed E-state index contributed by atoms with van der Waals surface area (Å²) in [5, 5.41) is 0. The summed E-state index contributed by atoms with van der Waals surface area (Å²) in [6.45, 7) is 2.40. The summed E-state index contributed by atoms with van der Waals surface area (Å²) in [6.07, 6.45) is 1.65. The second-order valence-corrected chi connectivity index (χ2v) is 8.97. The highest BCUT2D eigenvalue weighted by Gasteiger charge is 2.31. The maximum Gasteiger partial charge on any atom is 0.343 e. The molecule has 0 fully saturated rings. The molecule has 176 valence electrons. The van der Waals surface area contributed by atoms with E-state index in [-0.39, 0.29) is 25.1 Å². The van der Waals surface area contributed by atoms with Gasteiger partial charge in [0.05, 0.1) is 17.7 Å². The van der Waals surface area contributed by atoms with Crippen molar-refractivity contribution >= 4 is 33.8 Å². The molecule has 0 bridgehead atoms. The number of allylic oxidation sites excluding steroid dienone is 1. The number of fused-ring (bicyclic) bond motifs is 3. The van der Waals surface area contributed by atoms with Gasteiger partial charge in [0.15, 0.2) is 24.1 Å². The van der Waals surface area contributed by atoms with Crippen molar-refractivity contribution in [1.29, 1.82) is 0 Å². The van der Waals surface area contributed by atoms with Crippen LogP contribution in [0.3, 0.4) is 0 Å². The number of halogens is 1. The number of carbonyl (C=O) groups is 2. The Bertz CT molecular complexity index is 1440. The summed E-state index contributed by atoms with van der Waals surface area (Å²) in [6, 6.07) is 11.8. The highest BCUT2D eigenvalue weighted by molar-refractivity contribution is 9.10. The fourth-order valence-electron chi connectivity index (χ4n) is 4.12. The van der Waals surface area contributed by atoms with Crippen LogP contribution in [0, 0.1) is 6.92 Å². The monoisotopic (exact) mass is 536 g/mol. The van der Waals surface area contributed by atoms with Crippen LogP contribution in [-0.4, -0.2) is 25.3 Å². The molecule has 0 saturated carbocycles. The van der Waals surface area contributed by atoms with Gasteiger partial charge in [-0.1, -0.05) is 15.9 Å². The first-order valence-electron chi connectivity index (χ1n) is 10.7. The van der Waals surface area contributed by atoms with Crippen molar-refractivity contribution in [2.24, 2.45) is 0 Å². The van der Waals surface area contributed by atoms with E-state index >= 15 is 0 Å². The summed E-state index contributed by atoms with van der Waals surface area (Å²) in [5.74, 6) is 1.67. The van der Waals surface area contributed by atoms with Crippen LogP contribution in [0.5, 0.6) is 28.7 Å². The minimum atomic E-state index is -0.563. The van der Waals surface area contributed by atoms with Gasteiger partial charge >= 0.3 is 5.97 Å². The minimum Gasteiger partial charge on any atom is -0.467 e. The van der Waals surface area contributed by atoms with E-state index in [1.54, 1.807) is 43.3 Å². The van der Waals surface area contributed by atoms with Crippen molar-refractivity contribution < 1.29 is 38.0 Å². The summed E-state index contributed by atoms with van der Waals surface area (Å²) < 4.78 is 34.0. The van der Waals surface area contributed by atoms with E-state index in [9.17, 15) is 9.59 Å². The van der Waals surface area contributed by atoms with Crippen LogP contribution in [0.2, 0.25) is 0 Å². The predicted molar refractivity (Wildman–Crippen MR) is 126 cm³/mol. The number of rotatable bonds is 3. The number of ketones is 1. The van der Waals surface area contributed by atoms with Crippen LogP contribution in [0.15, 0.2) is 52.7 Å². The number of ether oxygens (including phenoxy) is 6. The molecule has 3 aliphatic heterocycles. The molecular formula is C26H17BrO8. The molecule has 0 radical (unpaired) electrons. The van der Waals surface area contributed by atoms with Gasteiger partial charge in [0, 0.05) is 21.2 Å². The fraction of sp³-hybridized carbons (Fsp3) is 0.154. The van der Waals surface area contributed by atoms with Gasteiger partial charge in [0.1, 0.15) is 17.2 Å². The Kier molecular flexibility index (Phi) is 5.23. The van der Waals surface area contributed by atoms with Crippen molar-refractivity contribution in [2.45, 2.75) is 13.5 Å². The summed E-state index contributed by atoms with van der Waals surface area (Å²) in [4.78, 5) is 25.8. The van der Waals surface area contributed by atoms with Gasteiger partial charge < -0.3 is 28.4 Å². The van der Waals surface area contributed by atoms with Crippen LogP contribution >= 0.6 is 15.9 Å². The van der Waals surface area contributed by atoms with E-state index in [1.807, 2.05) is 12.1 Å². The Morgan fingerprint density at radius 2 is 1.86 bits per heavy atom. The number of benzene rings is 3. The highest BCUT2D eigenvalue weighted by Crippen LogP contribution is 2.41. The SMILES string of the molecule is Cc1c(OC(=O)c2ccc3c(c2)OCO3)ccc2c1O/C(=C\c1cc(Br)cc3c1OCOC3)C2=O. The molecular weight excluding hydrogens is 520 g/mol. The van der Waals surface area contributed by atoms with Gasteiger partial charge in [-0.05, 0) is 55.5 Å². The van der Waals surface area contributed by atoms with Crippen LogP contribution < -0.4 is 23.7 Å². The second kappa shape index (κ2) is 8.44. The van der Waals surface area contributed by atoms with E-state index in [4.69, 9.17) is 28.4 Å². The third-order valence-corrected chi connectivity index (χ3v) is 6.30. The molecule has 0 unspecified atom stereocenters. The Morgan fingerprint density at radius 1 is 1.00 bits per heavy atom. The van der Waals surface area contributed by atoms with Crippen molar-refractivity contribution in [1.82, 2.24) is 0 Å². The summed E-state index contributed by atoms with van der Waals surface area (Å²) >= 11 is 3.48. The zero-order valence-electron chi connectivity index (χ0n) is 18.4. The third kappa shape index (κ3) is 3.82. The molecule has 0 aliphatic carbocycles. The predicted octanol–water partition coefficient (Wildman–Crippen LogP) is 5.19. The molecule has 0 aromatic heterocycles. The van der Waals surface area contributed by atoms with Crippen LogP contribution in [-0.2, 0) is 11.3 Å². The first kappa shape index (κ1) is 21.7. The molecule has 35 heavy (non-hydrogen) atoms. The van der Waals surface area contributed by atoms with Crippen molar-refractivity contribution in [3.8, 4) is 28.7 Å². The number of Topliss-reactive ketones (excluding diaryl/α,β-unsaturated/α-hetero) is 1. The van der Waals surface area contributed by atoms with Gasteiger partial charge in [-0.15, -0.1) is 0 Å². The fourth-order valence-corrected chi connectivity index (χ4v) is 4.64. The lowest BCUT2D eigenvalue weighted by molar-refractivity contribution is -0.0165. The summed E-state index contributed by atoms with van der Waals surface area (Å²) in [7, 11) is 0.